The van der Waals surface area contributed by atoms with Crippen molar-refractivity contribution in [1.29, 1.82) is 5.26 Å². The molecule has 1 aliphatic heterocycles. The van der Waals surface area contributed by atoms with Gasteiger partial charge in [-0.15, -0.1) is 0 Å². The van der Waals surface area contributed by atoms with Crippen molar-refractivity contribution in [2.24, 2.45) is 0 Å². The maximum absolute atomic E-state index is 13.9. The van der Waals surface area contributed by atoms with Crippen LogP contribution in [0.2, 0.25) is 5.02 Å². The van der Waals surface area contributed by atoms with Crippen molar-refractivity contribution in [3.63, 3.8) is 0 Å². The second kappa shape index (κ2) is 10.5. The van der Waals surface area contributed by atoms with E-state index in [2.05, 4.69) is 15.2 Å². The number of hydrogen-bond donors (Lipinski definition) is 1. The van der Waals surface area contributed by atoms with Gasteiger partial charge in [0.25, 0.3) is 0 Å². The van der Waals surface area contributed by atoms with E-state index < -0.39 is 11.8 Å². The van der Waals surface area contributed by atoms with E-state index >= 15 is 0 Å². The fourth-order valence-corrected chi connectivity index (χ4v) is 4.81. The summed E-state index contributed by atoms with van der Waals surface area (Å²) in [5, 5.41) is 13.2. The highest BCUT2D eigenvalue weighted by Gasteiger charge is 2.26. The molecule has 2 aromatic heterocycles. The Balaban J connectivity index is 1.35. The van der Waals surface area contributed by atoms with Crippen LogP contribution < -0.4 is 5.32 Å². The summed E-state index contributed by atoms with van der Waals surface area (Å²) in [5.41, 5.74) is 4.02. The third kappa shape index (κ3) is 5.24. The van der Waals surface area contributed by atoms with Crippen LogP contribution in [0.4, 0.5) is 13.6 Å². The summed E-state index contributed by atoms with van der Waals surface area (Å²) in [6, 6.07) is 14.5. The van der Waals surface area contributed by atoms with E-state index in [4.69, 9.17) is 16.9 Å². The molecule has 2 aromatic carbocycles. The van der Waals surface area contributed by atoms with Gasteiger partial charge < -0.3 is 5.32 Å². The largest absolute Gasteiger partial charge is 0.333 e. The predicted octanol–water partition coefficient (Wildman–Crippen LogP) is 5.67. The van der Waals surface area contributed by atoms with Crippen molar-refractivity contribution in [2.45, 2.75) is 19.5 Å². The lowest BCUT2D eigenvalue weighted by Crippen LogP contribution is -2.34. The number of nitrogens with one attached hydrogen (secondary N) is 1. The zero-order valence-electron chi connectivity index (χ0n) is 19.7. The van der Waals surface area contributed by atoms with Crippen LogP contribution in [0.25, 0.3) is 17.0 Å². The molecule has 0 fully saturated rings. The number of rotatable bonds is 5. The van der Waals surface area contributed by atoms with Gasteiger partial charge in [-0.25, -0.2) is 14.2 Å². The molecule has 6 nitrogen and oxygen atoms in total. The highest BCUT2D eigenvalue weighted by atomic mass is 35.5. The monoisotopic (exact) mass is 517 g/mol. The normalized spacial score (nSPS) is 13.6. The maximum atomic E-state index is 13.9. The number of amides is 1. The van der Waals surface area contributed by atoms with Crippen LogP contribution in [-0.4, -0.2) is 33.6 Å². The molecule has 0 atom stereocenters. The van der Waals surface area contributed by atoms with Gasteiger partial charge in [0.15, 0.2) is 0 Å². The summed E-state index contributed by atoms with van der Waals surface area (Å²) in [4.78, 5) is 19.1. The fraction of sp³-hybridized carbons (Fsp3) is 0.179. The van der Waals surface area contributed by atoms with Crippen LogP contribution in [0.1, 0.15) is 27.9 Å². The Kier molecular flexibility index (Phi) is 6.99. The SMILES string of the molecule is N#Cc1ccc(/C=C/CN2CCc3c(c4ccc(Cl)cc4n3C(=O)NCc3ccnc(F)c3)C2)cc1F. The van der Waals surface area contributed by atoms with Crippen LogP contribution in [0.5, 0.6) is 0 Å². The van der Waals surface area contributed by atoms with Crippen LogP contribution in [-0.2, 0) is 19.5 Å². The number of carbonyl (C=O) groups excluding carboxylic acids is 1. The average molecular weight is 518 g/mol. The molecule has 4 aromatic rings. The molecule has 3 heterocycles. The molecule has 186 valence electrons. The van der Waals surface area contributed by atoms with Gasteiger partial charge in [0.05, 0.1) is 11.1 Å². The van der Waals surface area contributed by atoms with Gasteiger partial charge in [0.1, 0.15) is 11.9 Å². The lowest BCUT2D eigenvalue weighted by atomic mass is 10.0. The van der Waals surface area contributed by atoms with E-state index in [9.17, 15) is 13.6 Å². The van der Waals surface area contributed by atoms with Crippen molar-refractivity contribution in [1.82, 2.24) is 19.8 Å². The van der Waals surface area contributed by atoms with Gasteiger partial charge in [0.2, 0.25) is 5.95 Å². The number of carbonyl (C=O) groups is 1. The second-order valence-corrected chi connectivity index (χ2v) is 9.24. The number of benzene rings is 2. The molecule has 0 saturated heterocycles. The van der Waals surface area contributed by atoms with E-state index in [1.807, 2.05) is 30.4 Å². The average Bonchev–Trinajstić information content (AvgIpc) is 3.20. The van der Waals surface area contributed by atoms with Crippen LogP contribution >= 0.6 is 11.6 Å². The summed E-state index contributed by atoms with van der Waals surface area (Å²) in [6.45, 7) is 2.17. The fourth-order valence-electron chi connectivity index (χ4n) is 4.65. The second-order valence-electron chi connectivity index (χ2n) is 8.81. The van der Waals surface area contributed by atoms with E-state index in [1.54, 1.807) is 22.8 Å². The van der Waals surface area contributed by atoms with Crippen LogP contribution in [0.3, 0.4) is 0 Å². The molecule has 0 unspecified atom stereocenters. The highest BCUT2D eigenvalue weighted by molar-refractivity contribution is 6.31. The molecule has 0 spiro atoms. The van der Waals surface area contributed by atoms with Gasteiger partial charge in [-0.3, -0.25) is 9.47 Å². The van der Waals surface area contributed by atoms with Crippen molar-refractivity contribution in [3.05, 3.63) is 106 Å². The molecular weight excluding hydrogens is 496 g/mol. The van der Waals surface area contributed by atoms with E-state index in [1.165, 1.54) is 24.4 Å². The van der Waals surface area contributed by atoms with Crippen LogP contribution in [0, 0.1) is 23.1 Å². The number of halogens is 3. The minimum atomic E-state index is -0.596. The van der Waals surface area contributed by atoms with Crippen molar-refractivity contribution >= 4 is 34.6 Å². The predicted molar refractivity (Wildman–Crippen MR) is 138 cm³/mol. The van der Waals surface area contributed by atoms with E-state index in [-0.39, 0.29) is 18.1 Å². The Hall–Kier alpha value is -4.06. The van der Waals surface area contributed by atoms with Crippen molar-refractivity contribution < 1.29 is 13.6 Å². The molecule has 0 bridgehead atoms. The topological polar surface area (TPSA) is 74.0 Å². The van der Waals surface area contributed by atoms with Crippen molar-refractivity contribution in [3.8, 4) is 6.07 Å². The number of nitrogens with zero attached hydrogens (tertiary/aromatic N) is 4. The molecule has 1 amide bonds. The molecule has 0 aliphatic carbocycles. The number of fused-ring (bicyclic) bond motifs is 3. The number of hydrogen-bond acceptors (Lipinski definition) is 4. The maximum Gasteiger partial charge on any atom is 0.326 e. The first-order valence-electron chi connectivity index (χ1n) is 11.7. The first-order valence-corrected chi connectivity index (χ1v) is 12.1. The van der Waals surface area contributed by atoms with Gasteiger partial charge in [0, 0.05) is 54.9 Å². The molecule has 5 rings (SSSR count). The lowest BCUT2D eigenvalue weighted by Gasteiger charge is -2.27. The molecule has 0 radical (unpaired) electrons. The Bertz CT molecular complexity index is 1570. The smallest absolute Gasteiger partial charge is 0.326 e. The summed E-state index contributed by atoms with van der Waals surface area (Å²) in [6.07, 6.45) is 5.81. The van der Waals surface area contributed by atoms with Gasteiger partial charge in [-0.2, -0.15) is 9.65 Å². The van der Waals surface area contributed by atoms with Crippen LogP contribution in [0.15, 0.2) is 60.8 Å². The molecule has 0 saturated carbocycles. The molecule has 37 heavy (non-hydrogen) atoms. The number of pyridine rings is 1. The number of nitriles is 1. The molecule has 1 aliphatic rings. The van der Waals surface area contributed by atoms with Gasteiger partial charge >= 0.3 is 6.03 Å². The summed E-state index contributed by atoms with van der Waals surface area (Å²) >= 11 is 6.28. The lowest BCUT2D eigenvalue weighted by molar-refractivity contribution is 0.240. The van der Waals surface area contributed by atoms with Gasteiger partial charge in [-0.1, -0.05) is 35.9 Å². The standard InChI is InChI=1S/C28H22ClF2N5O/c29-21-5-6-22-23-17-35(10-1-2-18-3-4-20(15-32)24(30)12-18)11-8-25(23)36(26(22)14-21)28(37)34-16-19-7-9-33-27(31)13-19/h1-7,9,12-14H,8,10-11,16-17H2,(H,34,37)/b2-1+. The van der Waals surface area contributed by atoms with E-state index in [0.29, 0.717) is 35.7 Å². The number of aromatic nitrogens is 2. The summed E-state index contributed by atoms with van der Waals surface area (Å²) in [7, 11) is 0. The minimum absolute atomic E-state index is 0.0224. The highest BCUT2D eigenvalue weighted by Crippen LogP contribution is 2.32. The Morgan fingerprint density at radius 3 is 2.84 bits per heavy atom. The minimum Gasteiger partial charge on any atom is -0.333 e. The quantitative estimate of drug-likeness (QED) is 0.346. The van der Waals surface area contributed by atoms with Gasteiger partial charge in [-0.05, 0) is 53.1 Å². The zero-order chi connectivity index (χ0) is 25.9. The summed E-state index contributed by atoms with van der Waals surface area (Å²) < 4.78 is 29.0. The first kappa shape index (κ1) is 24.6. The zero-order valence-corrected chi connectivity index (χ0v) is 20.5. The first-order chi connectivity index (χ1) is 17.9. The molecular formula is C28H22ClF2N5O. The summed E-state index contributed by atoms with van der Waals surface area (Å²) in [5.74, 6) is -1.13. The molecule has 1 N–H and O–H groups in total. The Morgan fingerprint density at radius 1 is 1.19 bits per heavy atom. The Labute approximate surface area is 217 Å². The third-order valence-electron chi connectivity index (χ3n) is 6.42. The Morgan fingerprint density at radius 2 is 2.05 bits per heavy atom. The molecule has 9 heteroatoms. The van der Waals surface area contributed by atoms with E-state index in [0.717, 1.165) is 28.7 Å². The third-order valence-corrected chi connectivity index (χ3v) is 6.65. The van der Waals surface area contributed by atoms with Crippen molar-refractivity contribution in [2.75, 3.05) is 13.1 Å².